The summed E-state index contributed by atoms with van der Waals surface area (Å²) in [5.74, 6) is 4.08. The van der Waals surface area contributed by atoms with Gasteiger partial charge in [-0.15, -0.1) is 0 Å². The van der Waals surface area contributed by atoms with Gasteiger partial charge in [0.25, 0.3) is 5.91 Å². The van der Waals surface area contributed by atoms with Crippen molar-refractivity contribution in [2.45, 2.75) is 26.3 Å². The molecule has 0 fully saturated rings. The summed E-state index contributed by atoms with van der Waals surface area (Å²) in [6.07, 6.45) is 0.440. The molecule has 0 aromatic heterocycles. The number of nitrogens with zero attached hydrogens (tertiary/aromatic N) is 1. The van der Waals surface area contributed by atoms with E-state index in [4.69, 9.17) is 10.2 Å². The highest BCUT2D eigenvalue weighted by Gasteiger charge is 2.21. The molecule has 0 spiro atoms. The second kappa shape index (κ2) is 8.40. The third-order valence-electron chi connectivity index (χ3n) is 2.95. The van der Waals surface area contributed by atoms with Gasteiger partial charge in [0, 0.05) is 24.8 Å². The zero-order valence-corrected chi connectivity index (χ0v) is 12.3. The molecule has 0 saturated carbocycles. The summed E-state index contributed by atoms with van der Waals surface area (Å²) in [6.45, 7) is 3.71. The zero-order chi connectivity index (χ0) is 15.8. The third-order valence-corrected chi connectivity index (χ3v) is 2.95. The van der Waals surface area contributed by atoms with Crippen LogP contribution in [0.25, 0.3) is 0 Å². The van der Waals surface area contributed by atoms with Crippen LogP contribution in [-0.4, -0.2) is 46.8 Å². The summed E-state index contributed by atoms with van der Waals surface area (Å²) in [7, 11) is 0. The van der Waals surface area contributed by atoms with Crippen LogP contribution in [0.15, 0.2) is 18.2 Å². The fourth-order valence-corrected chi connectivity index (χ4v) is 1.90. The van der Waals surface area contributed by atoms with Gasteiger partial charge in [-0.2, -0.15) is 0 Å². The molecule has 21 heavy (non-hydrogen) atoms. The van der Waals surface area contributed by atoms with E-state index >= 15 is 0 Å². The van der Waals surface area contributed by atoms with E-state index < -0.39 is 11.7 Å². The normalized spacial score (nSPS) is 10.2. The van der Waals surface area contributed by atoms with Crippen LogP contribution < -0.4 is 0 Å². The first kappa shape index (κ1) is 17.2. The van der Waals surface area contributed by atoms with Gasteiger partial charge in [0.15, 0.2) is 0 Å². The van der Waals surface area contributed by atoms with Gasteiger partial charge in [-0.25, -0.2) is 4.39 Å². The van der Waals surface area contributed by atoms with E-state index in [0.29, 0.717) is 18.5 Å². The molecule has 1 aromatic carbocycles. The number of aliphatic hydroxyl groups is 2. The molecule has 0 saturated heterocycles. The number of hydrogen-bond acceptors (Lipinski definition) is 3. The van der Waals surface area contributed by atoms with Crippen molar-refractivity contribution in [3.63, 3.8) is 0 Å². The average molecular weight is 293 g/mol. The number of benzene rings is 1. The molecule has 114 valence electrons. The van der Waals surface area contributed by atoms with Crippen molar-refractivity contribution in [3.05, 3.63) is 35.1 Å². The smallest absolute Gasteiger partial charge is 0.257 e. The van der Waals surface area contributed by atoms with Crippen LogP contribution >= 0.6 is 0 Å². The predicted molar refractivity (Wildman–Crippen MR) is 78.2 cm³/mol. The van der Waals surface area contributed by atoms with Crippen LogP contribution in [0.1, 0.15) is 36.2 Å². The Labute approximate surface area is 124 Å². The molecule has 4 nitrogen and oxygen atoms in total. The van der Waals surface area contributed by atoms with E-state index in [1.807, 2.05) is 13.8 Å². The van der Waals surface area contributed by atoms with Crippen molar-refractivity contribution < 1.29 is 19.4 Å². The number of halogens is 1. The van der Waals surface area contributed by atoms with Gasteiger partial charge >= 0.3 is 0 Å². The van der Waals surface area contributed by atoms with Crippen LogP contribution in [-0.2, 0) is 0 Å². The summed E-state index contributed by atoms with van der Waals surface area (Å²) < 4.78 is 13.9. The zero-order valence-electron chi connectivity index (χ0n) is 12.3. The Balaban J connectivity index is 3.08. The lowest BCUT2D eigenvalue weighted by Crippen LogP contribution is -2.38. The quantitative estimate of drug-likeness (QED) is 0.807. The fraction of sp³-hybridized carbons (Fsp3) is 0.438. The molecule has 0 atom stereocenters. The lowest BCUT2D eigenvalue weighted by atomic mass is 10.1. The molecule has 0 aliphatic carbocycles. The molecule has 0 radical (unpaired) electrons. The van der Waals surface area contributed by atoms with Gasteiger partial charge in [0.1, 0.15) is 12.4 Å². The van der Waals surface area contributed by atoms with Crippen molar-refractivity contribution >= 4 is 5.91 Å². The van der Waals surface area contributed by atoms with E-state index in [9.17, 15) is 9.18 Å². The summed E-state index contributed by atoms with van der Waals surface area (Å²) in [4.78, 5) is 14.0. The van der Waals surface area contributed by atoms with E-state index in [-0.39, 0.29) is 24.8 Å². The Hall–Kier alpha value is -1.90. The first-order valence-electron chi connectivity index (χ1n) is 6.82. The maximum absolute atomic E-state index is 13.9. The molecule has 5 heteroatoms. The molecule has 1 rings (SSSR count). The third kappa shape index (κ3) is 4.85. The van der Waals surface area contributed by atoms with Crippen LogP contribution in [0.3, 0.4) is 0 Å². The van der Waals surface area contributed by atoms with Gasteiger partial charge in [-0.05, 0) is 38.5 Å². The molecule has 1 amide bonds. The number of amides is 1. The Morgan fingerprint density at radius 1 is 1.38 bits per heavy atom. The van der Waals surface area contributed by atoms with Crippen LogP contribution in [0.4, 0.5) is 4.39 Å². The topological polar surface area (TPSA) is 60.8 Å². The Kier molecular flexibility index (Phi) is 6.86. The van der Waals surface area contributed by atoms with Gasteiger partial charge in [-0.1, -0.05) is 11.8 Å². The second-order valence-corrected chi connectivity index (χ2v) is 4.82. The van der Waals surface area contributed by atoms with Crippen molar-refractivity contribution in [1.29, 1.82) is 0 Å². The first-order valence-corrected chi connectivity index (χ1v) is 6.82. The Morgan fingerprint density at radius 2 is 2.10 bits per heavy atom. The number of carbonyl (C=O) groups is 1. The Morgan fingerprint density at radius 3 is 2.67 bits per heavy atom. The van der Waals surface area contributed by atoms with E-state index in [1.165, 1.54) is 23.1 Å². The molecule has 1 aromatic rings. The number of rotatable bonds is 5. The standard InChI is InChI=1S/C16H20FNO3/c1-12(2)18(8-4-10-20)16(21)14-11-13(5-3-9-19)6-7-15(14)17/h6-7,11-12,19-20H,4,8-10H2,1-2H3. The second-order valence-electron chi connectivity index (χ2n) is 4.82. The highest BCUT2D eigenvalue weighted by atomic mass is 19.1. The van der Waals surface area contributed by atoms with E-state index in [1.54, 1.807) is 0 Å². The van der Waals surface area contributed by atoms with Crippen molar-refractivity contribution in [2.75, 3.05) is 19.8 Å². The van der Waals surface area contributed by atoms with Crippen LogP contribution in [0.2, 0.25) is 0 Å². The summed E-state index contributed by atoms with van der Waals surface area (Å²) in [5.41, 5.74) is 0.422. The van der Waals surface area contributed by atoms with Gasteiger partial charge in [0.2, 0.25) is 0 Å². The molecular formula is C16H20FNO3. The monoisotopic (exact) mass is 293 g/mol. The summed E-state index contributed by atoms with van der Waals surface area (Å²) in [6, 6.07) is 3.94. The minimum atomic E-state index is -0.607. The molecule has 0 aliphatic heterocycles. The average Bonchev–Trinajstić information content (AvgIpc) is 2.46. The van der Waals surface area contributed by atoms with E-state index in [2.05, 4.69) is 11.8 Å². The molecular weight excluding hydrogens is 273 g/mol. The Bertz CT molecular complexity index is 546. The molecule has 0 heterocycles. The van der Waals surface area contributed by atoms with Gasteiger partial charge < -0.3 is 15.1 Å². The number of hydrogen-bond donors (Lipinski definition) is 2. The lowest BCUT2D eigenvalue weighted by Gasteiger charge is -2.26. The minimum absolute atomic E-state index is 0.0268. The summed E-state index contributed by atoms with van der Waals surface area (Å²) >= 11 is 0. The maximum Gasteiger partial charge on any atom is 0.257 e. The van der Waals surface area contributed by atoms with Crippen LogP contribution in [0.5, 0.6) is 0 Å². The van der Waals surface area contributed by atoms with E-state index in [0.717, 1.165) is 0 Å². The molecule has 0 unspecified atom stereocenters. The first-order chi connectivity index (χ1) is 10.0. The number of aliphatic hydroxyl groups excluding tert-OH is 2. The highest BCUT2D eigenvalue weighted by molar-refractivity contribution is 5.95. The largest absolute Gasteiger partial charge is 0.396 e. The lowest BCUT2D eigenvalue weighted by molar-refractivity contribution is 0.0688. The van der Waals surface area contributed by atoms with Crippen molar-refractivity contribution in [1.82, 2.24) is 4.90 Å². The van der Waals surface area contributed by atoms with Gasteiger partial charge in [-0.3, -0.25) is 4.79 Å². The highest BCUT2D eigenvalue weighted by Crippen LogP contribution is 2.15. The van der Waals surface area contributed by atoms with Crippen molar-refractivity contribution in [3.8, 4) is 11.8 Å². The van der Waals surface area contributed by atoms with Gasteiger partial charge in [0.05, 0.1) is 5.56 Å². The summed E-state index contributed by atoms with van der Waals surface area (Å²) in [5, 5.41) is 17.6. The minimum Gasteiger partial charge on any atom is -0.396 e. The molecule has 0 aliphatic rings. The van der Waals surface area contributed by atoms with Crippen LogP contribution in [0, 0.1) is 17.7 Å². The maximum atomic E-state index is 13.9. The molecule has 0 bridgehead atoms. The predicted octanol–water partition coefficient (Wildman–Crippen LogP) is 1.40. The fourth-order valence-electron chi connectivity index (χ4n) is 1.90. The SMILES string of the molecule is CC(C)N(CCCO)C(=O)c1cc(C#CCO)ccc1F. The van der Waals surface area contributed by atoms with Crippen molar-refractivity contribution in [2.24, 2.45) is 0 Å². The molecule has 2 N–H and O–H groups in total. The number of carbonyl (C=O) groups excluding carboxylic acids is 1.